The lowest BCUT2D eigenvalue weighted by Crippen LogP contribution is -2.19. The predicted octanol–water partition coefficient (Wildman–Crippen LogP) is 3.41. The van der Waals surface area contributed by atoms with E-state index >= 15 is 0 Å². The first-order chi connectivity index (χ1) is 9.74. The minimum atomic E-state index is -0.849. The van der Waals surface area contributed by atoms with Gasteiger partial charge in [0.25, 0.3) is 0 Å². The molecule has 0 aliphatic heterocycles. The minimum Gasteiger partial charge on any atom is -0.386 e. The highest BCUT2D eigenvalue weighted by atomic mass is 16.3. The van der Waals surface area contributed by atoms with Crippen LogP contribution >= 0.6 is 0 Å². The zero-order valence-electron chi connectivity index (χ0n) is 10.8. The van der Waals surface area contributed by atoms with Crippen molar-refractivity contribution in [2.24, 2.45) is 0 Å². The van der Waals surface area contributed by atoms with Crippen LogP contribution in [0.1, 0.15) is 17.2 Å². The summed E-state index contributed by atoms with van der Waals surface area (Å²) in [5.41, 5.74) is 1.77. The highest BCUT2D eigenvalue weighted by Gasteiger charge is 2.22. The average Bonchev–Trinajstić information content (AvgIpc) is 2.49. The molecular formula is C18H14O2. The smallest absolute Gasteiger partial charge is 0.109 e. The van der Waals surface area contributed by atoms with Gasteiger partial charge in [0.1, 0.15) is 12.2 Å². The first kappa shape index (κ1) is 11.6. The lowest BCUT2D eigenvalue weighted by molar-refractivity contribution is 0.0471. The topological polar surface area (TPSA) is 40.5 Å². The van der Waals surface area contributed by atoms with Gasteiger partial charge in [0.05, 0.1) is 0 Å². The second kappa shape index (κ2) is 4.17. The van der Waals surface area contributed by atoms with Gasteiger partial charge >= 0.3 is 0 Å². The molecule has 2 heteroatoms. The summed E-state index contributed by atoms with van der Waals surface area (Å²) in [6, 6.07) is 16.5. The molecule has 0 fully saturated rings. The van der Waals surface area contributed by atoms with Gasteiger partial charge in [-0.1, -0.05) is 48.6 Å². The van der Waals surface area contributed by atoms with E-state index in [-0.39, 0.29) is 0 Å². The van der Waals surface area contributed by atoms with Gasteiger partial charge in [-0.2, -0.15) is 0 Å². The lowest BCUT2D eigenvalue weighted by atomic mass is 9.89. The number of hydrogen-bond acceptors (Lipinski definition) is 2. The first-order valence-corrected chi connectivity index (χ1v) is 6.74. The summed E-state index contributed by atoms with van der Waals surface area (Å²) in [7, 11) is 0. The van der Waals surface area contributed by atoms with Crippen LogP contribution in [0.2, 0.25) is 0 Å². The molecule has 98 valence electrons. The normalized spacial score (nSPS) is 21.3. The molecule has 0 radical (unpaired) electrons. The molecule has 0 heterocycles. The molecule has 1 aliphatic rings. The van der Waals surface area contributed by atoms with Crippen molar-refractivity contribution in [3.63, 3.8) is 0 Å². The van der Waals surface area contributed by atoms with Crippen molar-refractivity contribution in [3.8, 4) is 0 Å². The van der Waals surface area contributed by atoms with Crippen molar-refractivity contribution in [2.75, 3.05) is 0 Å². The second-order valence-corrected chi connectivity index (χ2v) is 5.28. The molecule has 3 aromatic carbocycles. The van der Waals surface area contributed by atoms with Gasteiger partial charge in [-0.3, -0.25) is 0 Å². The Balaban J connectivity index is 2.11. The third-order valence-corrected chi connectivity index (χ3v) is 4.06. The molecule has 0 aromatic heterocycles. The summed E-state index contributed by atoms with van der Waals surface area (Å²) >= 11 is 0. The van der Waals surface area contributed by atoms with Crippen molar-refractivity contribution in [2.45, 2.75) is 12.2 Å². The molecule has 20 heavy (non-hydrogen) atoms. The number of benzene rings is 3. The van der Waals surface area contributed by atoms with E-state index in [9.17, 15) is 10.2 Å². The van der Waals surface area contributed by atoms with E-state index < -0.39 is 12.2 Å². The van der Waals surface area contributed by atoms with E-state index in [1.54, 1.807) is 6.08 Å². The molecule has 0 unspecified atom stereocenters. The average molecular weight is 262 g/mol. The maximum Gasteiger partial charge on any atom is 0.109 e. The quantitative estimate of drug-likeness (QED) is 0.609. The number of aliphatic hydroxyl groups excluding tert-OH is 2. The van der Waals surface area contributed by atoms with Gasteiger partial charge < -0.3 is 10.2 Å². The Labute approximate surface area is 116 Å². The van der Waals surface area contributed by atoms with Gasteiger partial charge in [0.2, 0.25) is 0 Å². The van der Waals surface area contributed by atoms with Gasteiger partial charge in [0.15, 0.2) is 0 Å². The summed E-state index contributed by atoms with van der Waals surface area (Å²) in [5, 5.41) is 24.5. The molecule has 0 spiro atoms. The molecule has 0 bridgehead atoms. The fraction of sp³-hybridized carbons (Fsp3) is 0.111. The Kier molecular flexibility index (Phi) is 2.43. The van der Waals surface area contributed by atoms with E-state index in [1.165, 1.54) is 10.8 Å². The number of rotatable bonds is 0. The molecule has 2 nitrogen and oxygen atoms in total. The molecule has 2 N–H and O–H groups in total. The lowest BCUT2D eigenvalue weighted by Gasteiger charge is -2.22. The van der Waals surface area contributed by atoms with Gasteiger partial charge in [-0.25, -0.2) is 0 Å². The molecule has 3 aromatic rings. The third kappa shape index (κ3) is 1.59. The second-order valence-electron chi connectivity index (χ2n) is 5.28. The Hall–Kier alpha value is -2.16. The fourth-order valence-corrected chi connectivity index (χ4v) is 2.98. The van der Waals surface area contributed by atoms with Crippen molar-refractivity contribution in [1.82, 2.24) is 0 Å². The van der Waals surface area contributed by atoms with Crippen LogP contribution in [0, 0.1) is 0 Å². The molecule has 2 atom stereocenters. The third-order valence-electron chi connectivity index (χ3n) is 4.06. The Morgan fingerprint density at radius 3 is 2.50 bits per heavy atom. The Morgan fingerprint density at radius 1 is 0.800 bits per heavy atom. The molecule has 0 saturated heterocycles. The molecule has 1 aliphatic carbocycles. The van der Waals surface area contributed by atoms with Crippen LogP contribution in [-0.2, 0) is 0 Å². The van der Waals surface area contributed by atoms with Crippen LogP contribution in [0.5, 0.6) is 0 Å². The van der Waals surface area contributed by atoms with Gasteiger partial charge in [0, 0.05) is 0 Å². The summed E-state index contributed by atoms with van der Waals surface area (Å²) in [6.07, 6.45) is 1.84. The van der Waals surface area contributed by atoms with E-state index in [0.717, 1.165) is 21.9 Å². The van der Waals surface area contributed by atoms with Crippen LogP contribution in [0.3, 0.4) is 0 Å². The monoisotopic (exact) mass is 262 g/mol. The van der Waals surface area contributed by atoms with Gasteiger partial charge in [-0.05, 0) is 44.8 Å². The number of hydrogen-bond donors (Lipinski definition) is 2. The van der Waals surface area contributed by atoms with E-state index in [4.69, 9.17) is 0 Å². The predicted molar refractivity (Wildman–Crippen MR) is 81.5 cm³/mol. The van der Waals surface area contributed by atoms with Crippen LogP contribution in [-0.4, -0.2) is 16.3 Å². The van der Waals surface area contributed by atoms with Crippen molar-refractivity contribution in [1.29, 1.82) is 0 Å². The SMILES string of the molecule is O[C@H]1C=Cc2cc3ccc4ccccc4c3cc2[C@@H]1O. The maximum absolute atomic E-state index is 10.2. The number of aliphatic hydroxyl groups is 2. The molecule has 0 amide bonds. The highest BCUT2D eigenvalue weighted by molar-refractivity contribution is 6.08. The maximum atomic E-state index is 10.2. The van der Waals surface area contributed by atoms with Crippen LogP contribution < -0.4 is 0 Å². The first-order valence-electron chi connectivity index (χ1n) is 6.74. The fourth-order valence-electron chi connectivity index (χ4n) is 2.98. The Morgan fingerprint density at radius 2 is 1.60 bits per heavy atom. The van der Waals surface area contributed by atoms with Crippen LogP contribution in [0.25, 0.3) is 27.6 Å². The van der Waals surface area contributed by atoms with E-state index in [0.29, 0.717) is 0 Å². The summed E-state index contributed by atoms with van der Waals surface area (Å²) in [6.45, 7) is 0. The molecular weight excluding hydrogens is 248 g/mol. The molecule has 4 rings (SSSR count). The summed E-state index contributed by atoms with van der Waals surface area (Å²) in [4.78, 5) is 0. The number of fused-ring (bicyclic) bond motifs is 4. The van der Waals surface area contributed by atoms with Crippen molar-refractivity contribution in [3.05, 3.63) is 65.7 Å². The highest BCUT2D eigenvalue weighted by Crippen LogP contribution is 2.34. The van der Waals surface area contributed by atoms with Crippen molar-refractivity contribution >= 4 is 27.6 Å². The van der Waals surface area contributed by atoms with E-state index in [1.807, 2.05) is 24.3 Å². The van der Waals surface area contributed by atoms with Gasteiger partial charge in [-0.15, -0.1) is 0 Å². The minimum absolute atomic E-state index is 0.795. The zero-order valence-corrected chi connectivity index (χ0v) is 10.8. The summed E-state index contributed by atoms with van der Waals surface area (Å²) < 4.78 is 0. The standard InChI is InChI=1S/C18H14O2/c19-17-8-7-13-9-12-6-5-11-3-1-2-4-14(11)15(12)10-16(13)18(17)20/h1-10,17-20H/t17-,18-/m0/s1. The van der Waals surface area contributed by atoms with Crippen LogP contribution in [0.15, 0.2) is 54.6 Å². The summed E-state index contributed by atoms with van der Waals surface area (Å²) in [5.74, 6) is 0. The zero-order chi connectivity index (χ0) is 13.7. The molecule has 0 saturated carbocycles. The van der Waals surface area contributed by atoms with Crippen molar-refractivity contribution < 1.29 is 10.2 Å². The van der Waals surface area contributed by atoms with Crippen LogP contribution in [0.4, 0.5) is 0 Å². The largest absolute Gasteiger partial charge is 0.386 e. The Bertz CT molecular complexity index is 849. The van der Waals surface area contributed by atoms with E-state index in [2.05, 4.69) is 30.3 Å².